The zero-order valence-corrected chi connectivity index (χ0v) is 19.2. The van der Waals surface area contributed by atoms with Crippen molar-refractivity contribution in [2.24, 2.45) is 4.99 Å². The average Bonchev–Trinajstić information content (AvgIpc) is 3.18. The van der Waals surface area contributed by atoms with E-state index in [0.717, 1.165) is 69.0 Å². The van der Waals surface area contributed by atoms with Crippen LogP contribution in [-0.4, -0.2) is 59.5 Å². The Morgan fingerprint density at radius 2 is 1.89 bits per heavy atom. The lowest BCUT2D eigenvalue weighted by Gasteiger charge is -2.36. The lowest BCUT2D eigenvalue weighted by atomic mass is 10.2. The van der Waals surface area contributed by atoms with Gasteiger partial charge < -0.3 is 15.1 Å². The number of benzene rings is 1. The Labute approximate surface area is 183 Å². The number of aliphatic imine (C=N–C) groups is 1. The summed E-state index contributed by atoms with van der Waals surface area (Å²) in [6.07, 6.45) is 1.87. The molecule has 8 heteroatoms. The van der Waals surface area contributed by atoms with Gasteiger partial charge in [0.05, 0.1) is 0 Å². The minimum absolute atomic E-state index is 0. The summed E-state index contributed by atoms with van der Waals surface area (Å²) < 4.78 is 4.40. The lowest BCUT2D eigenvalue weighted by molar-refractivity contribution is 0.372. The summed E-state index contributed by atoms with van der Waals surface area (Å²) in [4.78, 5) is 14.1. The van der Waals surface area contributed by atoms with Crippen LogP contribution in [0.25, 0.3) is 0 Å². The molecule has 0 radical (unpaired) electrons. The maximum atomic E-state index is 4.84. The van der Waals surface area contributed by atoms with Crippen LogP contribution in [0.2, 0.25) is 0 Å². The predicted octanol–water partition coefficient (Wildman–Crippen LogP) is 3.05. The van der Waals surface area contributed by atoms with E-state index < -0.39 is 0 Å². The van der Waals surface area contributed by atoms with Gasteiger partial charge in [0.15, 0.2) is 5.96 Å². The molecule has 0 saturated carbocycles. The number of anilines is 1. The number of nitrogens with one attached hydrogen (secondary N) is 1. The van der Waals surface area contributed by atoms with Crippen LogP contribution >= 0.6 is 35.5 Å². The third-order valence-electron chi connectivity index (χ3n) is 4.46. The van der Waals surface area contributed by atoms with Crippen molar-refractivity contribution < 1.29 is 0 Å². The normalized spacial score (nSPS) is 14.8. The number of hydrogen-bond acceptors (Lipinski definition) is 5. The average molecular weight is 500 g/mol. The fourth-order valence-electron chi connectivity index (χ4n) is 2.99. The molecule has 0 unspecified atom stereocenters. The van der Waals surface area contributed by atoms with E-state index in [1.807, 2.05) is 0 Å². The van der Waals surface area contributed by atoms with Crippen LogP contribution in [0.3, 0.4) is 0 Å². The van der Waals surface area contributed by atoms with Gasteiger partial charge in [-0.05, 0) is 18.9 Å². The first-order valence-electron chi connectivity index (χ1n) is 9.45. The number of nitrogens with zero attached hydrogens (tertiary/aromatic N) is 5. The number of aromatic nitrogens is 2. The first-order chi connectivity index (χ1) is 12.8. The Balaban J connectivity index is 0.00000261. The van der Waals surface area contributed by atoms with Gasteiger partial charge in [0.2, 0.25) is 5.13 Å². The van der Waals surface area contributed by atoms with E-state index in [1.54, 1.807) is 0 Å². The van der Waals surface area contributed by atoms with Crippen molar-refractivity contribution in [3.05, 3.63) is 41.7 Å². The van der Waals surface area contributed by atoms with Gasteiger partial charge >= 0.3 is 0 Å². The molecule has 0 amide bonds. The molecule has 0 atom stereocenters. The quantitative estimate of drug-likeness (QED) is 0.376. The van der Waals surface area contributed by atoms with Gasteiger partial charge in [0.25, 0.3) is 0 Å². The van der Waals surface area contributed by atoms with Gasteiger partial charge in [-0.3, -0.25) is 4.99 Å². The van der Waals surface area contributed by atoms with Crippen LogP contribution in [0.1, 0.15) is 25.2 Å². The van der Waals surface area contributed by atoms with Gasteiger partial charge in [-0.1, -0.05) is 37.3 Å². The molecule has 1 saturated heterocycles. The molecular weight excluding hydrogens is 471 g/mol. The van der Waals surface area contributed by atoms with Crippen LogP contribution < -0.4 is 10.2 Å². The third-order valence-corrected chi connectivity index (χ3v) is 5.28. The van der Waals surface area contributed by atoms with E-state index in [-0.39, 0.29) is 24.0 Å². The summed E-state index contributed by atoms with van der Waals surface area (Å²) in [6.45, 7) is 9.75. The molecule has 2 aromatic rings. The van der Waals surface area contributed by atoms with Crippen LogP contribution in [0.5, 0.6) is 0 Å². The van der Waals surface area contributed by atoms with Crippen LogP contribution in [0, 0.1) is 0 Å². The molecule has 2 heterocycles. The van der Waals surface area contributed by atoms with Crippen molar-refractivity contribution in [2.45, 2.75) is 26.7 Å². The zero-order valence-electron chi connectivity index (χ0n) is 16.1. The van der Waals surface area contributed by atoms with E-state index >= 15 is 0 Å². The molecule has 0 bridgehead atoms. The molecule has 1 aromatic carbocycles. The van der Waals surface area contributed by atoms with Gasteiger partial charge in [0.1, 0.15) is 5.82 Å². The summed E-state index contributed by atoms with van der Waals surface area (Å²) in [5, 5.41) is 4.49. The Hall–Kier alpha value is -1.42. The summed E-state index contributed by atoms with van der Waals surface area (Å²) in [6, 6.07) is 10.5. The van der Waals surface area contributed by atoms with Gasteiger partial charge in [-0.15, -0.1) is 24.0 Å². The number of aryl methyl sites for hydroxylation is 1. The van der Waals surface area contributed by atoms with E-state index in [9.17, 15) is 0 Å². The van der Waals surface area contributed by atoms with Crippen LogP contribution in [-0.2, 0) is 12.8 Å². The van der Waals surface area contributed by atoms with Crippen molar-refractivity contribution in [3.63, 3.8) is 0 Å². The summed E-state index contributed by atoms with van der Waals surface area (Å²) in [5.74, 6) is 1.97. The van der Waals surface area contributed by atoms with Crippen molar-refractivity contribution in [3.8, 4) is 0 Å². The molecule has 0 spiro atoms. The standard InChI is InChI=1S/C19H28N6S.HI/c1-3-17-22-19(26-23-17)25-14-12-24(13-15-25)18(20-4-2)21-11-10-16-8-6-5-7-9-16;/h5-9H,3-4,10-15H2,1-2H3,(H,20,21);1H. The van der Waals surface area contributed by atoms with Crippen LogP contribution in [0.15, 0.2) is 35.3 Å². The fraction of sp³-hybridized carbons (Fsp3) is 0.526. The molecule has 1 aliphatic rings. The van der Waals surface area contributed by atoms with E-state index in [4.69, 9.17) is 4.99 Å². The Kier molecular flexibility index (Phi) is 9.26. The second-order valence-electron chi connectivity index (χ2n) is 6.29. The van der Waals surface area contributed by atoms with Gasteiger partial charge in [-0.2, -0.15) is 4.37 Å². The minimum atomic E-state index is 0. The maximum Gasteiger partial charge on any atom is 0.205 e. The van der Waals surface area contributed by atoms with Crippen molar-refractivity contribution in [1.82, 2.24) is 19.6 Å². The van der Waals surface area contributed by atoms with Gasteiger partial charge in [0, 0.05) is 57.2 Å². The monoisotopic (exact) mass is 500 g/mol. The summed E-state index contributed by atoms with van der Waals surface area (Å²) in [5.41, 5.74) is 1.33. The van der Waals surface area contributed by atoms with Crippen molar-refractivity contribution in [1.29, 1.82) is 0 Å². The Morgan fingerprint density at radius 1 is 1.15 bits per heavy atom. The highest BCUT2D eigenvalue weighted by molar-refractivity contribution is 14.0. The summed E-state index contributed by atoms with van der Waals surface area (Å²) >= 11 is 1.51. The zero-order chi connectivity index (χ0) is 18.2. The van der Waals surface area contributed by atoms with Crippen molar-refractivity contribution in [2.75, 3.05) is 44.2 Å². The Morgan fingerprint density at radius 3 is 2.52 bits per heavy atom. The number of piperazine rings is 1. The molecule has 3 rings (SSSR count). The minimum Gasteiger partial charge on any atom is -0.357 e. The predicted molar refractivity (Wildman–Crippen MR) is 125 cm³/mol. The molecule has 1 aliphatic heterocycles. The number of guanidine groups is 1. The first-order valence-corrected chi connectivity index (χ1v) is 10.2. The van der Waals surface area contributed by atoms with E-state index in [2.05, 4.69) is 68.7 Å². The highest BCUT2D eigenvalue weighted by Gasteiger charge is 2.21. The lowest BCUT2D eigenvalue weighted by Crippen LogP contribution is -2.52. The smallest absolute Gasteiger partial charge is 0.205 e. The number of rotatable bonds is 6. The fourth-order valence-corrected chi connectivity index (χ4v) is 3.79. The molecule has 148 valence electrons. The second kappa shape index (κ2) is 11.4. The highest BCUT2D eigenvalue weighted by Crippen LogP contribution is 2.19. The molecule has 1 aromatic heterocycles. The molecule has 6 nitrogen and oxygen atoms in total. The van der Waals surface area contributed by atoms with Crippen molar-refractivity contribution >= 4 is 46.6 Å². The summed E-state index contributed by atoms with van der Waals surface area (Å²) in [7, 11) is 0. The number of hydrogen-bond donors (Lipinski definition) is 1. The highest BCUT2D eigenvalue weighted by atomic mass is 127. The molecule has 1 fully saturated rings. The van der Waals surface area contributed by atoms with E-state index in [1.165, 1.54) is 17.1 Å². The third kappa shape index (κ3) is 6.31. The number of halogens is 1. The largest absolute Gasteiger partial charge is 0.357 e. The topological polar surface area (TPSA) is 56.7 Å². The molecule has 27 heavy (non-hydrogen) atoms. The van der Waals surface area contributed by atoms with E-state index in [0.29, 0.717) is 0 Å². The second-order valence-corrected chi connectivity index (χ2v) is 7.02. The maximum absolute atomic E-state index is 4.84. The molecule has 0 aliphatic carbocycles. The van der Waals surface area contributed by atoms with Gasteiger partial charge in [-0.25, -0.2) is 4.98 Å². The SMILES string of the molecule is CCNC(=NCCc1ccccc1)N1CCN(c2nc(CC)ns2)CC1.I. The van der Waals surface area contributed by atoms with Crippen LogP contribution in [0.4, 0.5) is 5.13 Å². The molecular formula is C19H29IN6S. The molecule has 1 N–H and O–H groups in total. The first kappa shape index (κ1) is 21.9. The Bertz CT molecular complexity index is 697.